The van der Waals surface area contributed by atoms with Crippen LogP contribution in [0.2, 0.25) is 0 Å². The molecule has 8 nitrogen and oxygen atoms in total. The average Bonchev–Trinajstić information content (AvgIpc) is 2.95. The molecule has 0 unspecified atom stereocenters. The Bertz CT molecular complexity index is 532. The average molecular weight is 321 g/mol. The second-order valence-electron chi connectivity index (χ2n) is 6.09. The summed E-state index contributed by atoms with van der Waals surface area (Å²) in [4.78, 5) is 22.1. The fraction of sp³-hybridized carbons (Fsp3) is 0.733. The highest BCUT2D eigenvalue weighted by Gasteiger charge is 2.15. The molecular weight excluding hydrogens is 294 g/mol. The highest BCUT2D eigenvalue weighted by atomic mass is 16.2. The van der Waals surface area contributed by atoms with Crippen LogP contribution in [0.4, 0.5) is 0 Å². The number of nitrogens with zero attached hydrogens (tertiary/aromatic N) is 5. The van der Waals surface area contributed by atoms with Gasteiger partial charge >= 0.3 is 0 Å². The molecule has 128 valence electrons. The lowest BCUT2D eigenvalue weighted by molar-refractivity contribution is -0.127. The Morgan fingerprint density at radius 3 is 2.74 bits per heavy atom. The molecule has 1 aromatic heterocycles. The van der Waals surface area contributed by atoms with Crippen LogP contribution in [0.15, 0.2) is 11.3 Å². The fourth-order valence-corrected chi connectivity index (χ4v) is 2.52. The summed E-state index contributed by atoms with van der Waals surface area (Å²) in [6, 6.07) is 0.420. The van der Waals surface area contributed by atoms with E-state index in [-0.39, 0.29) is 12.5 Å². The molecule has 0 bridgehead atoms. The summed E-state index contributed by atoms with van der Waals surface area (Å²) in [5.74, 6) is 1.46. The van der Waals surface area contributed by atoms with Crippen LogP contribution >= 0.6 is 0 Å². The highest BCUT2D eigenvalue weighted by Crippen LogP contribution is 2.17. The normalized spacial score (nSPS) is 16.2. The third-order valence-corrected chi connectivity index (χ3v) is 4.04. The number of hydrogen-bond donors (Lipinski definition) is 2. The quantitative estimate of drug-likeness (QED) is 0.600. The van der Waals surface area contributed by atoms with Crippen molar-refractivity contribution in [3.63, 3.8) is 0 Å². The molecule has 2 N–H and O–H groups in total. The minimum atomic E-state index is 0.0156. The molecule has 0 atom stereocenters. The van der Waals surface area contributed by atoms with E-state index in [9.17, 15) is 4.79 Å². The van der Waals surface area contributed by atoms with Crippen molar-refractivity contribution in [2.45, 2.75) is 44.7 Å². The van der Waals surface area contributed by atoms with Gasteiger partial charge in [0.25, 0.3) is 0 Å². The fourth-order valence-electron chi connectivity index (χ4n) is 2.52. The molecule has 0 spiro atoms. The third-order valence-electron chi connectivity index (χ3n) is 4.04. The van der Waals surface area contributed by atoms with E-state index >= 15 is 0 Å². The van der Waals surface area contributed by atoms with E-state index in [4.69, 9.17) is 0 Å². The van der Waals surface area contributed by atoms with Gasteiger partial charge in [0.15, 0.2) is 5.96 Å². The number of likely N-dealkylation sites (N-methyl/N-ethyl adjacent to an activating group) is 1. The van der Waals surface area contributed by atoms with Gasteiger partial charge in [-0.1, -0.05) is 19.3 Å². The monoisotopic (exact) mass is 321 g/mol. The van der Waals surface area contributed by atoms with Crippen molar-refractivity contribution in [3.8, 4) is 0 Å². The Balaban J connectivity index is 1.97. The Hall–Kier alpha value is -2.12. The number of nitrogens with one attached hydrogen (secondary N) is 2. The molecule has 1 aliphatic carbocycles. The molecule has 0 aromatic carbocycles. The molecule has 0 aliphatic heterocycles. The first-order valence-corrected chi connectivity index (χ1v) is 8.14. The summed E-state index contributed by atoms with van der Waals surface area (Å²) in [6.45, 7) is 0.652. The second-order valence-corrected chi connectivity index (χ2v) is 6.09. The number of carbonyl (C=O) groups excluding carboxylic acids is 1. The van der Waals surface area contributed by atoms with E-state index in [1.165, 1.54) is 25.6 Å². The lowest BCUT2D eigenvalue weighted by atomic mass is 9.96. The van der Waals surface area contributed by atoms with E-state index in [0.717, 1.165) is 18.7 Å². The zero-order valence-corrected chi connectivity index (χ0v) is 14.2. The number of rotatable bonds is 5. The summed E-state index contributed by atoms with van der Waals surface area (Å²) in [7, 11) is 5.33. The minimum absolute atomic E-state index is 0.0156. The summed E-state index contributed by atoms with van der Waals surface area (Å²) in [6.07, 6.45) is 7.59. The van der Waals surface area contributed by atoms with Crippen molar-refractivity contribution in [2.24, 2.45) is 12.0 Å². The first kappa shape index (κ1) is 17.2. The van der Waals surface area contributed by atoms with Crippen molar-refractivity contribution in [1.82, 2.24) is 30.3 Å². The van der Waals surface area contributed by atoms with Gasteiger partial charge < -0.3 is 15.5 Å². The zero-order valence-electron chi connectivity index (χ0n) is 14.2. The molecule has 1 amide bonds. The van der Waals surface area contributed by atoms with Gasteiger partial charge in [0, 0.05) is 27.2 Å². The van der Waals surface area contributed by atoms with E-state index < -0.39 is 0 Å². The topological polar surface area (TPSA) is 87.4 Å². The number of carbonyl (C=O) groups is 1. The number of aromatic nitrogens is 3. The molecule has 0 radical (unpaired) electrons. The Morgan fingerprint density at radius 2 is 2.13 bits per heavy atom. The molecule has 1 heterocycles. The van der Waals surface area contributed by atoms with Crippen molar-refractivity contribution >= 4 is 11.9 Å². The summed E-state index contributed by atoms with van der Waals surface area (Å²) < 4.78 is 1.70. The van der Waals surface area contributed by atoms with Crippen LogP contribution in [0, 0.1) is 0 Å². The van der Waals surface area contributed by atoms with Crippen LogP contribution in [-0.4, -0.2) is 58.2 Å². The van der Waals surface area contributed by atoms with E-state index in [1.807, 2.05) is 7.05 Å². The SMILES string of the molecule is CN(C)C(=O)CNC(=NCc1ncnn1C)NC1CCCCC1. The van der Waals surface area contributed by atoms with Gasteiger partial charge in [0.05, 0.1) is 6.54 Å². The lowest BCUT2D eigenvalue weighted by Gasteiger charge is -2.25. The van der Waals surface area contributed by atoms with E-state index in [1.54, 1.807) is 23.7 Å². The number of amides is 1. The molecule has 1 aromatic rings. The maximum absolute atomic E-state index is 11.8. The summed E-state index contributed by atoms with van der Waals surface area (Å²) >= 11 is 0. The van der Waals surface area contributed by atoms with Gasteiger partial charge in [-0.2, -0.15) is 5.10 Å². The highest BCUT2D eigenvalue weighted by molar-refractivity contribution is 5.86. The Morgan fingerprint density at radius 1 is 1.39 bits per heavy atom. The molecule has 1 aliphatic rings. The predicted molar refractivity (Wildman–Crippen MR) is 88.8 cm³/mol. The molecule has 23 heavy (non-hydrogen) atoms. The van der Waals surface area contributed by atoms with Gasteiger partial charge in [-0.3, -0.25) is 9.48 Å². The second kappa shape index (κ2) is 8.50. The first-order valence-electron chi connectivity index (χ1n) is 8.14. The van der Waals surface area contributed by atoms with Crippen LogP contribution in [0.25, 0.3) is 0 Å². The number of aryl methyl sites for hydroxylation is 1. The van der Waals surface area contributed by atoms with Crippen LogP contribution in [0.1, 0.15) is 37.9 Å². The van der Waals surface area contributed by atoms with Crippen molar-refractivity contribution in [2.75, 3.05) is 20.6 Å². The number of aliphatic imine (C=N–C) groups is 1. The van der Waals surface area contributed by atoms with Gasteiger partial charge in [0.1, 0.15) is 18.7 Å². The van der Waals surface area contributed by atoms with Crippen molar-refractivity contribution in [3.05, 3.63) is 12.2 Å². The van der Waals surface area contributed by atoms with Gasteiger partial charge in [0.2, 0.25) is 5.91 Å². The molecule has 8 heteroatoms. The maximum atomic E-state index is 11.8. The standard InChI is InChI=1S/C15H27N7O/c1-21(2)14(23)10-17-15(20-12-7-5-4-6-8-12)16-9-13-18-11-19-22(13)3/h11-12H,4-10H2,1-3H3,(H2,16,17,20). The molecule has 0 saturated heterocycles. The van der Waals surface area contributed by atoms with E-state index in [2.05, 4.69) is 25.7 Å². The third kappa shape index (κ3) is 5.54. The van der Waals surface area contributed by atoms with Crippen LogP contribution in [0.3, 0.4) is 0 Å². The van der Waals surface area contributed by atoms with Crippen LogP contribution < -0.4 is 10.6 Å². The molecule has 1 fully saturated rings. The molecular formula is C15H27N7O. The minimum Gasteiger partial charge on any atom is -0.354 e. The van der Waals surface area contributed by atoms with Gasteiger partial charge in [-0.05, 0) is 12.8 Å². The van der Waals surface area contributed by atoms with Gasteiger partial charge in [-0.15, -0.1) is 0 Å². The van der Waals surface area contributed by atoms with Gasteiger partial charge in [-0.25, -0.2) is 9.98 Å². The lowest BCUT2D eigenvalue weighted by Crippen LogP contribution is -2.47. The molecule has 1 saturated carbocycles. The summed E-state index contributed by atoms with van der Waals surface area (Å²) in [5.41, 5.74) is 0. The number of guanidine groups is 1. The molecule has 2 rings (SSSR count). The largest absolute Gasteiger partial charge is 0.354 e. The Labute approximate surface area is 137 Å². The maximum Gasteiger partial charge on any atom is 0.241 e. The summed E-state index contributed by atoms with van der Waals surface area (Å²) in [5, 5.41) is 10.6. The van der Waals surface area contributed by atoms with E-state index in [0.29, 0.717) is 18.5 Å². The van der Waals surface area contributed by atoms with Crippen molar-refractivity contribution in [1.29, 1.82) is 0 Å². The number of hydrogen-bond acceptors (Lipinski definition) is 4. The zero-order chi connectivity index (χ0) is 16.7. The predicted octanol–water partition coefficient (Wildman–Crippen LogP) is 0.271. The van der Waals surface area contributed by atoms with Crippen molar-refractivity contribution < 1.29 is 4.79 Å². The smallest absolute Gasteiger partial charge is 0.241 e. The van der Waals surface area contributed by atoms with Crippen LogP contribution in [-0.2, 0) is 18.4 Å². The first-order chi connectivity index (χ1) is 11.1. The van der Waals surface area contributed by atoms with Crippen LogP contribution in [0.5, 0.6) is 0 Å². The Kier molecular flexibility index (Phi) is 6.37.